The monoisotopic (exact) mass is 486 g/mol. The highest BCUT2D eigenvalue weighted by Crippen LogP contribution is 2.32. The van der Waals surface area contributed by atoms with E-state index < -0.39 is 23.7 Å². The van der Waals surface area contributed by atoms with Gasteiger partial charge in [0.1, 0.15) is 17.8 Å². The minimum Gasteiger partial charge on any atom is -0.493 e. The van der Waals surface area contributed by atoms with Crippen molar-refractivity contribution in [2.75, 3.05) is 20.3 Å². The third kappa shape index (κ3) is 6.34. The van der Waals surface area contributed by atoms with Crippen LogP contribution in [-0.4, -0.2) is 66.7 Å². The summed E-state index contributed by atoms with van der Waals surface area (Å²) in [6, 6.07) is 6.12. The molecule has 1 aromatic carbocycles. The largest absolute Gasteiger partial charge is 0.493 e. The van der Waals surface area contributed by atoms with Gasteiger partial charge in [-0.2, -0.15) is 0 Å². The van der Waals surface area contributed by atoms with Crippen LogP contribution in [0.2, 0.25) is 0 Å². The average molecular weight is 487 g/mol. The third-order valence-electron chi connectivity index (χ3n) is 7.44. The number of fused-ring (bicyclic) bond motifs is 4. The molecule has 2 aliphatic heterocycles. The fourth-order valence-corrected chi connectivity index (χ4v) is 5.59. The van der Waals surface area contributed by atoms with Crippen LogP contribution in [0.4, 0.5) is 0 Å². The van der Waals surface area contributed by atoms with E-state index in [-0.39, 0.29) is 30.3 Å². The second-order valence-corrected chi connectivity index (χ2v) is 10.6. The zero-order chi connectivity index (χ0) is 25.0. The molecule has 1 saturated heterocycles. The van der Waals surface area contributed by atoms with E-state index in [0.717, 1.165) is 37.7 Å². The van der Waals surface area contributed by atoms with Crippen molar-refractivity contribution in [1.29, 1.82) is 0 Å². The summed E-state index contributed by atoms with van der Waals surface area (Å²) in [5.41, 5.74) is 0.321. The molecular formula is C27H38N2O6. The number of methoxy groups -OCH3 is 1. The van der Waals surface area contributed by atoms with Crippen LogP contribution in [0.1, 0.15) is 64.4 Å². The number of carbonyl (C=O) groups excluding carboxylic acids is 3. The molecule has 4 rings (SSSR count). The van der Waals surface area contributed by atoms with Crippen LogP contribution >= 0.6 is 0 Å². The summed E-state index contributed by atoms with van der Waals surface area (Å²) in [4.78, 5) is 41.3. The van der Waals surface area contributed by atoms with Crippen LogP contribution in [0.15, 0.2) is 24.3 Å². The van der Waals surface area contributed by atoms with E-state index in [4.69, 9.17) is 14.2 Å². The Labute approximate surface area is 207 Å². The summed E-state index contributed by atoms with van der Waals surface area (Å²) in [6.07, 6.45) is 5.81. The molecule has 8 nitrogen and oxygen atoms in total. The van der Waals surface area contributed by atoms with Crippen LogP contribution in [0.5, 0.6) is 5.75 Å². The Bertz CT molecular complexity index is 926. The Morgan fingerprint density at radius 2 is 1.94 bits per heavy atom. The molecule has 35 heavy (non-hydrogen) atoms. The number of nitrogens with zero attached hydrogens (tertiary/aromatic N) is 1. The van der Waals surface area contributed by atoms with E-state index in [2.05, 4.69) is 5.32 Å². The molecule has 0 radical (unpaired) electrons. The molecule has 0 aromatic heterocycles. The fourth-order valence-electron chi connectivity index (χ4n) is 5.59. The van der Waals surface area contributed by atoms with E-state index in [1.165, 1.54) is 7.11 Å². The molecule has 2 amide bonds. The van der Waals surface area contributed by atoms with Crippen molar-refractivity contribution in [3.05, 3.63) is 29.8 Å². The summed E-state index contributed by atoms with van der Waals surface area (Å²) in [7, 11) is 1.34. The van der Waals surface area contributed by atoms with Gasteiger partial charge in [-0.15, -0.1) is 0 Å². The van der Waals surface area contributed by atoms with E-state index in [1.54, 1.807) is 4.90 Å². The first-order valence-electron chi connectivity index (χ1n) is 12.8. The standard InChI is InChI=1S/C27H38N2O6/c1-27(2)12-13-34-20-11-7-8-18(14-20)15-23(30)28-24(19-9-5-4-6-10-19)25(31)29-17-21(35-27)16-22(29)26(32)33-3/h7-8,11,14,19,21-22,24H,4-6,9-10,12-13,15-17H2,1-3H3,(H,28,30)/t21-,22+,24+/m1/s1. The van der Waals surface area contributed by atoms with Gasteiger partial charge >= 0.3 is 5.97 Å². The maximum atomic E-state index is 13.9. The molecule has 3 atom stereocenters. The highest BCUT2D eigenvalue weighted by atomic mass is 16.5. The summed E-state index contributed by atoms with van der Waals surface area (Å²) in [5.74, 6) is -0.123. The van der Waals surface area contributed by atoms with Crippen LogP contribution < -0.4 is 10.1 Å². The minimum atomic E-state index is -0.724. The fraction of sp³-hybridized carbons (Fsp3) is 0.667. The number of hydrogen-bond donors (Lipinski definition) is 1. The lowest BCUT2D eigenvalue weighted by Gasteiger charge is -2.34. The molecule has 1 saturated carbocycles. The van der Waals surface area contributed by atoms with Crippen LogP contribution in [-0.2, 0) is 30.3 Å². The molecule has 192 valence electrons. The summed E-state index contributed by atoms with van der Waals surface area (Å²) >= 11 is 0. The quantitative estimate of drug-likeness (QED) is 0.646. The van der Waals surface area contributed by atoms with Gasteiger partial charge in [0, 0.05) is 19.4 Å². The summed E-state index contributed by atoms with van der Waals surface area (Å²) in [5, 5.41) is 3.04. The van der Waals surface area contributed by atoms with Crippen molar-refractivity contribution < 1.29 is 28.6 Å². The Balaban J connectivity index is 1.66. The third-order valence-corrected chi connectivity index (χ3v) is 7.44. The van der Waals surface area contributed by atoms with Gasteiger partial charge in [-0.1, -0.05) is 31.4 Å². The number of rotatable bonds is 2. The Kier molecular flexibility index (Phi) is 7.99. The number of carbonyl (C=O) groups is 3. The molecule has 4 bridgehead atoms. The summed E-state index contributed by atoms with van der Waals surface area (Å²) in [6.45, 7) is 4.74. The number of nitrogens with one attached hydrogen (secondary N) is 1. The molecule has 0 spiro atoms. The molecule has 3 aliphatic rings. The molecule has 2 heterocycles. The van der Waals surface area contributed by atoms with E-state index in [9.17, 15) is 14.4 Å². The normalized spacial score (nSPS) is 28.2. The van der Waals surface area contributed by atoms with Crippen LogP contribution in [0, 0.1) is 5.92 Å². The summed E-state index contributed by atoms with van der Waals surface area (Å²) < 4.78 is 17.4. The first-order valence-corrected chi connectivity index (χ1v) is 12.8. The van der Waals surface area contributed by atoms with E-state index in [0.29, 0.717) is 31.7 Å². The van der Waals surface area contributed by atoms with E-state index >= 15 is 0 Å². The van der Waals surface area contributed by atoms with Gasteiger partial charge in [-0.25, -0.2) is 4.79 Å². The van der Waals surface area contributed by atoms with Crippen molar-refractivity contribution >= 4 is 17.8 Å². The highest BCUT2D eigenvalue weighted by molar-refractivity contribution is 5.92. The molecule has 1 aliphatic carbocycles. The van der Waals surface area contributed by atoms with Crippen molar-refractivity contribution in [3.8, 4) is 5.75 Å². The van der Waals surface area contributed by atoms with Crippen molar-refractivity contribution in [2.45, 2.75) is 89.0 Å². The lowest BCUT2D eigenvalue weighted by Crippen LogP contribution is -2.55. The van der Waals surface area contributed by atoms with Gasteiger partial charge < -0.3 is 24.4 Å². The van der Waals surface area contributed by atoms with Gasteiger partial charge in [-0.05, 0) is 50.3 Å². The minimum absolute atomic E-state index is 0.0449. The number of benzene rings is 1. The van der Waals surface area contributed by atoms with E-state index in [1.807, 2.05) is 38.1 Å². The SMILES string of the molecule is COC(=O)[C@@H]1C[C@@H]2CN1C(=O)[C@H](C1CCCCC1)NC(=O)Cc1cccc(c1)OCCC(C)(C)O2. The maximum absolute atomic E-state index is 13.9. The first-order chi connectivity index (χ1) is 16.8. The highest BCUT2D eigenvalue weighted by Gasteiger charge is 2.46. The van der Waals surface area contributed by atoms with Gasteiger partial charge in [0.2, 0.25) is 11.8 Å². The number of amides is 2. The number of esters is 1. The average Bonchev–Trinajstić information content (AvgIpc) is 3.24. The van der Waals surface area contributed by atoms with Crippen LogP contribution in [0.3, 0.4) is 0 Å². The van der Waals surface area contributed by atoms with Gasteiger partial charge in [-0.3, -0.25) is 9.59 Å². The predicted molar refractivity (Wildman–Crippen MR) is 130 cm³/mol. The van der Waals surface area contributed by atoms with Crippen molar-refractivity contribution in [1.82, 2.24) is 10.2 Å². The Morgan fingerprint density at radius 1 is 1.17 bits per heavy atom. The zero-order valence-electron chi connectivity index (χ0n) is 21.1. The number of ether oxygens (including phenoxy) is 3. The van der Waals surface area contributed by atoms with Crippen LogP contribution in [0.25, 0.3) is 0 Å². The maximum Gasteiger partial charge on any atom is 0.328 e. The lowest BCUT2D eigenvalue weighted by molar-refractivity contribution is -0.152. The Hall–Kier alpha value is -2.61. The predicted octanol–water partition coefficient (Wildman–Crippen LogP) is 3.01. The molecule has 1 aromatic rings. The number of hydrogen-bond acceptors (Lipinski definition) is 6. The molecule has 8 heteroatoms. The van der Waals surface area contributed by atoms with Crippen molar-refractivity contribution in [3.63, 3.8) is 0 Å². The second-order valence-electron chi connectivity index (χ2n) is 10.6. The lowest BCUT2D eigenvalue weighted by atomic mass is 9.83. The smallest absolute Gasteiger partial charge is 0.328 e. The van der Waals surface area contributed by atoms with Crippen molar-refractivity contribution in [2.24, 2.45) is 5.92 Å². The zero-order valence-corrected chi connectivity index (χ0v) is 21.1. The van der Waals surface area contributed by atoms with Gasteiger partial charge in [0.15, 0.2) is 0 Å². The second kappa shape index (κ2) is 11.0. The molecule has 1 N–H and O–H groups in total. The molecule has 0 unspecified atom stereocenters. The topological polar surface area (TPSA) is 94.2 Å². The van der Waals surface area contributed by atoms with Gasteiger partial charge in [0.05, 0.1) is 31.8 Å². The first kappa shape index (κ1) is 25.5. The molecule has 2 fully saturated rings. The van der Waals surface area contributed by atoms with Gasteiger partial charge in [0.25, 0.3) is 0 Å². The Morgan fingerprint density at radius 3 is 2.69 bits per heavy atom. The molecular weight excluding hydrogens is 448 g/mol.